The predicted octanol–water partition coefficient (Wildman–Crippen LogP) is 6.24. The van der Waals surface area contributed by atoms with Crippen LogP contribution < -0.4 is 4.90 Å². The Kier molecular flexibility index (Phi) is 7.23. The highest BCUT2D eigenvalue weighted by Crippen LogP contribution is 2.39. The maximum absolute atomic E-state index is 9.51. The van der Waals surface area contributed by atoms with Gasteiger partial charge in [0.15, 0.2) is 0 Å². The molecule has 1 aliphatic rings. The number of rotatable bonds is 9. The highest BCUT2D eigenvalue weighted by atomic mass is 28.3. The minimum Gasteiger partial charge on any atom is -0.392 e. The third kappa shape index (κ3) is 5.23. The summed E-state index contributed by atoms with van der Waals surface area (Å²) in [5, 5.41) is 10.6. The SMILES string of the molecule is C[Si](C)(C)CCOCn1c(-c2ccc(CO)cc2)cc2c(N3CCCC3c3ccccc3)ncnc21. The van der Waals surface area contributed by atoms with Gasteiger partial charge in [-0.2, -0.15) is 0 Å². The van der Waals surface area contributed by atoms with Crippen LogP contribution in [0.2, 0.25) is 25.7 Å². The number of aliphatic hydroxyl groups is 1. The first kappa shape index (κ1) is 24.7. The lowest BCUT2D eigenvalue weighted by Gasteiger charge is -2.26. The predicted molar refractivity (Wildman–Crippen MR) is 149 cm³/mol. The number of ether oxygens (including phenoxy) is 1. The maximum atomic E-state index is 9.51. The highest BCUT2D eigenvalue weighted by molar-refractivity contribution is 6.76. The molecule has 3 heterocycles. The fourth-order valence-corrected chi connectivity index (χ4v) is 5.76. The zero-order chi connectivity index (χ0) is 25.1. The van der Waals surface area contributed by atoms with E-state index in [4.69, 9.17) is 14.7 Å². The summed E-state index contributed by atoms with van der Waals surface area (Å²) in [6.45, 7) is 9.32. The topological polar surface area (TPSA) is 63.4 Å². The largest absolute Gasteiger partial charge is 0.392 e. The van der Waals surface area contributed by atoms with Gasteiger partial charge in [-0.05, 0) is 41.6 Å². The molecule has 0 saturated carbocycles. The zero-order valence-corrected chi connectivity index (χ0v) is 22.5. The van der Waals surface area contributed by atoms with E-state index in [1.165, 1.54) is 5.56 Å². The van der Waals surface area contributed by atoms with Crippen LogP contribution in [-0.4, -0.2) is 40.9 Å². The fourth-order valence-electron chi connectivity index (χ4n) is 5.01. The summed E-state index contributed by atoms with van der Waals surface area (Å²) in [5.74, 6) is 0.987. The molecule has 0 spiro atoms. The lowest BCUT2D eigenvalue weighted by molar-refractivity contribution is 0.0909. The first-order valence-corrected chi connectivity index (χ1v) is 16.6. The van der Waals surface area contributed by atoms with Crippen LogP contribution in [0.25, 0.3) is 22.3 Å². The summed E-state index contributed by atoms with van der Waals surface area (Å²) in [6.07, 6.45) is 3.95. The molecular weight excluding hydrogens is 464 g/mol. The molecule has 188 valence electrons. The first-order chi connectivity index (χ1) is 17.4. The van der Waals surface area contributed by atoms with Gasteiger partial charge in [-0.1, -0.05) is 74.2 Å². The molecule has 2 aromatic carbocycles. The number of anilines is 1. The van der Waals surface area contributed by atoms with Crippen molar-refractivity contribution in [1.82, 2.24) is 14.5 Å². The molecule has 1 fully saturated rings. The van der Waals surface area contributed by atoms with Crippen LogP contribution in [0.5, 0.6) is 0 Å². The van der Waals surface area contributed by atoms with E-state index in [0.29, 0.717) is 12.8 Å². The third-order valence-electron chi connectivity index (χ3n) is 7.03. The van der Waals surface area contributed by atoms with E-state index in [2.05, 4.69) is 77.6 Å². The Labute approximate surface area is 214 Å². The minimum absolute atomic E-state index is 0.0362. The Morgan fingerprint density at radius 2 is 1.81 bits per heavy atom. The van der Waals surface area contributed by atoms with E-state index in [1.807, 2.05) is 12.1 Å². The van der Waals surface area contributed by atoms with E-state index in [9.17, 15) is 5.11 Å². The molecule has 1 unspecified atom stereocenters. The fraction of sp³-hybridized carbons (Fsp3) is 0.379. The van der Waals surface area contributed by atoms with Crippen LogP contribution in [0.3, 0.4) is 0 Å². The van der Waals surface area contributed by atoms with Gasteiger partial charge in [0.1, 0.15) is 24.5 Å². The van der Waals surface area contributed by atoms with Crippen LogP contribution in [0.1, 0.15) is 30.0 Å². The van der Waals surface area contributed by atoms with Gasteiger partial charge in [-0.15, -0.1) is 0 Å². The molecule has 6 nitrogen and oxygen atoms in total. The number of benzene rings is 2. The Hall–Kier alpha value is -3.00. The summed E-state index contributed by atoms with van der Waals surface area (Å²) < 4.78 is 8.38. The van der Waals surface area contributed by atoms with Crippen LogP contribution in [0, 0.1) is 0 Å². The second kappa shape index (κ2) is 10.5. The lowest BCUT2D eigenvalue weighted by Crippen LogP contribution is -2.24. The molecule has 0 bridgehead atoms. The molecule has 1 aliphatic heterocycles. The van der Waals surface area contributed by atoms with Crippen LogP contribution in [0.4, 0.5) is 5.82 Å². The first-order valence-electron chi connectivity index (χ1n) is 12.9. The quantitative estimate of drug-likeness (QED) is 0.218. The monoisotopic (exact) mass is 500 g/mol. The van der Waals surface area contributed by atoms with Gasteiger partial charge < -0.3 is 19.3 Å². The van der Waals surface area contributed by atoms with E-state index in [-0.39, 0.29) is 6.61 Å². The number of aromatic nitrogens is 3. The van der Waals surface area contributed by atoms with Gasteiger partial charge in [-0.3, -0.25) is 0 Å². The average Bonchev–Trinajstić information content (AvgIpc) is 3.52. The summed E-state index contributed by atoms with van der Waals surface area (Å²) in [7, 11) is -1.18. The average molecular weight is 501 g/mol. The number of aliphatic hydroxyl groups excluding tert-OH is 1. The molecule has 0 aliphatic carbocycles. The van der Waals surface area contributed by atoms with Crippen molar-refractivity contribution in [2.75, 3.05) is 18.1 Å². The van der Waals surface area contributed by atoms with Gasteiger partial charge in [0.2, 0.25) is 0 Å². The lowest BCUT2D eigenvalue weighted by atomic mass is 10.0. The van der Waals surface area contributed by atoms with E-state index >= 15 is 0 Å². The summed E-state index contributed by atoms with van der Waals surface area (Å²) >= 11 is 0. The molecule has 36 heavy (non-hydrogen) atoms. The van der Waals surface area contributed by atoms with E-state index in [0.717, 1.165) is 65.7 Å². The van der Waals surface area contributed by atoms with Gasteiger partial charge >= 0.3 is 0 Å². The van der Waals surface area contributed by atoms with Gasteiger partial charge in [-0.25, -0.2) is 9.97 Å². The Morgan fingerprint density at radius 3 is 2.53 bits per heavy atom. The molecule has 0 radical (unpaired) electrons. The molecule has 0 amide bonds. The molecule has 7 heteroatoms. The van der Waals surface area contributed by atoms with Crippen molar-refractivity contribution < 1.29 is 9.84 Å². The van der Waals surface area contributed by atoms with E-state index < -0.39 is 8.07 Å². The van der Waals surface area contributed by atoms with Gasteiger partial charge in [0.25, 0.3) is 0 Å². The third-order valence-corrected chi connectivity index (χ3v) is 8.73. The number of nitrogens with zero attached hydrogens (tertiary/aromatic N) is 4. The molecule has 1 saturated heterocycles. The standard InChI is InChI=1S/C29H36N4O2Si/c1-36(2,3)17-16-35-21-33-27(24-13-11-22(19-34)12-14-24)18-25-28(30-20-31-29(25)33)32-15-7-10-26(32)23-8-5-4-6-9-23/h4-6,8-9,11-14,18,20,26,34H,7,10,15-17,19,21H2,1-3H3. The van der Waals surface area contributed by atoms with Crippen molar-refractivity contribution in [2.24, 2.45) is 0 Å². The minimum atomic E-state index is -1.18. The maximum Gasteiger partial charge on any atom is 0.147 e. The highest BCUT2D eigenvalue weighted by Gasteiger charge is 2.29. The normalized spacial score (nSPS) is 16.2. The Bertz CT molecular complexity index is 1300. The summed E-state index contributed by atoms with van der Waals surface area (Å²) in [6, 6.07) is 22.5. The molecule has 1 atom stereocenters. The zero-order valence-electron chi connectivity index (χ0n) is 21.5. The van der Waals surface area contributed by atoms with Crippen molar-refractivity contribution >= 4 is 24.9 Å². The molecular formula is C29H36N4O2Si. The Morgan fingerprint density at radius 1 is 1.03 bits per heavy atom. The van der Waals surface area contributed by atoms with Gasteiger partial charge in [0, 0.05) is 21.2 Å². The van der Waals surface area contributed by atoms with Crippen molar-refractivity contribution in [3.8, 4) is 11.3 Å². The number of hydrogen-bond acceptors (Lipinski definition) is 5. The van der Waals surface area contributed by atoms with Crippen molar-refractivity contribution in [2.45, 2.75) is 57.9 Å². The van der Waals surface area contributed by atoms with Crippen LogP contribution in [0.15, 0.2) is 67.0 Å². The van der Waals surface area contributed by atoms with Crippen molar-refractivity contribution in [3.63, 3.8) is 0 Å². The number of fused-ring (bicyclic) bond motifs is 1. The summed E-state index contributed by atoms with van der Waals surface area (Å²) in [4.78, 5) is 12.0. The van der Waals surface area contributed by atoms with Gasteiger partial charge in [0.05, 0.1) is 23.7 Å². The van der Waals surface area contributed by atoms with Crippen LogP contribution >= 0.6 is 0 Å². The van der Waals surface area contributed by atoms with E-state index in [1.54, 1.807) is 6.33 Å². The van der Waals surface area contributed by atoms with Crippen LogP contribution in [-0.2, 0) is 18.1 Å². The Balaban J connectivity index is 1.55. The molecule has 4 aromatic rings. The summed E-state index contributed by atoms with van der Waals surface area (Å²) in [5.41, 5.74) is 5.25. The molecule has 1 N–H and O–H groups in total. The van der Waals surface area contributed by atoms with Crippen molar-refractivity contribution in [1.29, 1.82) is 0 Å². The second-order valence-corrected chi connectivity index (χ2v) is 16.5. The number of hydrogen-bond donors (Lipinski definition) is 1. The smallest absolute Gasteiger partial charge is 0.147 e. The second-order valence-electron chi connectivity index (χ2n) is 10.9. The van der Waals surface area contributed by atoms with Crippen molar-refractivity contribution in [3.05, 3.63) is 78.1 Å². The molecule has 5 rings (SSSR count). The molecule has 2 aromatic heterocycles.